The second-order valence-corrected chi connectivity index (χ2v) is 5.32. The number of carboxylic acid groups (broad SMARTS) is 1. The van der Waals surface area contributed by atoms with Crippen LogP contribution in [-0.2, 0) is 4.79 Å². The number of hydrogen-bond acceptors (Lipinski definition) is 4. The zero-order valence-corrected chi connectivity index (χ0v) is 12.5. The fraction of sp³-hybridized carbons (Fsp3) is 0.571. The summed E-state index contributed by atoms with van der Waals surface area (Å²) in [6, 6.07) is -0.912. The number of hydrogen-bond donors (Lipinski definition) is 2. The largest absolute Gasteiger partial charge is 0.480 e. The van der Waals surface area contributed by atoms with Gasteiger partial charge in [-0.25, -0.2) is 9.78 Å². The molecular weight excluding hydrogens is 258 g/mol. The molecule has 0 aliphatic carbocycles. The zero-order valence-electron chi connectivity index (χ0n) is 12.5. The van der Waals surface area contributed by atoms with Gasteiger partial charge in [0.25, 0.3) is 5.91 Å². The van der Waals surface area contributed by atoms with Gasteiger partial charge in [0.2, 0.25) is 0 Å². The van der Waals surface area contributed by atoms with Crippen molar-refractivity contribution >= 4 is 11.9 Å². The van der Waals surface area contributed by atoms with Crippen LogP contribution in [-0.4, -0.2) is 33.0 Å². The van der Waals surface area contributed by atoms with Crippen LogP contribution in [0.1, 0.15) is 47.8 Å². The maximum absolute atomic E-state index is 12.1. The topological polar surface area (TPSA) is 92.2 Å². The predicted octanol–water partition coefficient (Wildman–Crippen LogP) is 1.63. The van der Waals surface area contributed by atoms with Gasteiger partial charge in [0.1, 0.15) is 11.7 Å². The summed E-state index contributed by atoms with van der Waals surface area (Å²) in [6.45, 7) is 9.08. The van der Waals surface area contributed by atoms with Gasteiger partial charge in [0, 0.05) is 0 Å². The maximum Gasteiger partial charge on any atom is 0.326 e. The van der Waals surface area contributed by atoms with E-state index in [4.69, 9.17) is 5.11 Å². The lowest BCUT2D eigenvalue weighted by Gasteiger charge is -2.17. The lowest BCUT2D eigenvalue weighted by atomic mass is 10.0. The van der Waals surface area contributed by atoms with Gasteiger partial charge >= 0.3 is 5.97 Å². The summed E-state index contributed by atoms with van der Waals surface area (Å²) in [7, 11) is 0. The molecule has 6 nitrogen and oxygen atoms in total. The number of nitrogens with zero attached hydrogens (tertiary/aromatic N) is 2. The molecule has 0 saturated carbocycles. The van der Waals surface area contributed by atoms with E-state index in [1.54, 1.807) is 13.8 Å². The van der Waals surface area contributed by atoms with E-state index in [0.29, 0.717) is 17.8 Å². The number of rotatable bonds is 5. The van der Waals surface area contributed by atoms with E-state index < -0.39 is 17.9 Å². The molecule has 110 valence electrons. The van der Waals surface area contributed by atoms with Crippen LogP contribution in [0, 0.1) is 26.7 Å². The van der Waals surface area contributed by atoms with Crippen LogP contribution in [0.3, 0.4) is 0 Å². The average Bonchev–Trinajstić information content (AvgIpc) is 2.32. The number of carbonyl (C=O) groups excluding carboxylic acids is 1. The van der Waals surface area contributed by atoms with E-state index in [9.17, 15) is 9.59 Å². The van der Waals surface area contributed by atoms with Crippen LogP contribution >= 0.6 is 0 Å². The normalized spacial score (nSPS) is 12.3. The fourth-order valence-corrected chi connectivity index (χ4v) is 1.85. The second kappa shape index (κ2) is 6.45. The van der Waals surface area contributed by atoms with Crippen molar-refractivity contribution in [3.63, 3.8) is 0 Å². The zero-order chi connectivity index (χ0) is 15.4. The van der Waals surface area contributed by atoms with E-state index in [0.717, 1.165) is 5.69 Å². The van der Waals surface area contributed by atoms with E-state index in [1.165, 1.54) is 0 Å². The van der Waals surface area contributed by atoms with Crippen molar-refractivity contribution in [1.82, 2.24) is 15.3 Å². The third-order valence-electron chi connectivity index (χ3n) is 3.01. The Labute approximate surface area is 118 Å². The third kappa shape index (κ3) is 4.01. The Kier molecular flexibility index (Phi) is 5.19. The summed E-state index contributed by atoms with van der Waals surface area (Å²) in [5.74, 6) is -1.36. The number of carboxylic acids is 1. The third-order valence-corrected chi connectivity index (χ3v) is 3.01. The highest BCUT2D eigenvalue weighted by molar-refractivity contribution is 5.95. The molecule has 1 aromatic heterocycles. The molecule has 0 aliphatic heterocycles. The first-order chi connectivity index (χ1) is 9.22. The summed E-state index contributed by atoms with van der Waals surface area (Å²) < 4.78 is 0. The van der Waals surface area contributed by atoms with Crippen molar-refractivity contribution in [2.75, 3.05) is 0 Å². The summed E-state index contributed by atoms with van der Waals surface area (Å²) >= 11 is 0. The smallest absolute Gasteiger partial charge is 0.326 e. The molecule has 0 radical (unpaired) electrons. The average molecular weight is 279 g/mol. The van der Waals surface area contributed by atoms with Gasteiger partial charge < -0.3 is 10.4 Å². The van der Waals surface area contributed by atoms with E-state index in [2.05, 4.69) is 15.3 Å². The Morgan fingerprint density at radius 3 is 2.15 bits per heavy atom. The minimum atomic E-state index is -1.04. The highest BCUT2D eigenvalue weighted by atomic mass is 16.4. The summed E-state index contributed by atoms with van der Waals surface area (Å²) in [5, 5.41) is 11.6. The Morgan fingerprint density at radius 1 is 1.10 bits per heavy atom. The van der Waals surface area contributed by atoms with Gasteiger partial charge in [0.15, 0.2) is 0 Å². The number of aryl methyl sites for hydroxylation is 3. The molecule has 0 unspecified atom stereocenters. The van der Waals surface area contributed by atoms with Crippen molar-refractivity contribution < 1.29 is 14.7 Å². The molecule has 0 saturated heterocycles. The van der Waals surface area contributed by atoms with Crippen molar-refractivity contribution in [3.05, 3.63) is 22.8 Å². The SMILES string of the molecule is Cc1nc(C)c(C(=O)N[C@H](CC(C)C)C(=O)O)nc1C. The van der Waals surface area contributed by atoms with Crippen LogP contribution in [0.2, 0.25) is 0 Å². The summed E-state index contributed by atoms with van der Waals surface area (Å²) in [6.07, 6.45) is 0.373. The van der Waals surface area contributed by atoms with Crippen molar-refractivity contribution in [1.29, 1.82) is 0 Å². The Balaban J connectivity index is 2.95. The van der Waals surface area contributed by atoms with E-state index in [-0.39, 0.29) is 11.6 Å². The first-order valence-corrected chi connectivity index (χ1v) is 6.57. The Bertz CT molecular complexity index is 527. The molecule has 1 heterocycles. The monoisotopic (exact) mass is 279 g/mol. The minimum Gasteiger partial charge on any atom is -0.480 e. The number of amides is 1. The highest BCUT2D eigenvalue weighted by Gasteiger charge is 2.23. The van der Waals surface area contributed by atoms with Gasteiger partial charge in [-0.3, -0.25) is 9.78 Å². The molecule has 1 rings (SSSR count). The highest BCUT2D eigenvalue weighted by Crippen LogP contribution is 2.09. The molecule has 0 aliphatic rings. The lowest BCUT2D eigenvalue weighted by Crippen LogP contribution is -2.42. The van der Waals surface area contributed by atoms with Gasteiger partial charge in [-0.05, 0) is 33.1 Å². The van der Waals surface area contributed by atoms with Crippen LogP contribution in [0.5, 0.6) is 0 Å². The maximum atomic E-state index is 12.1. The molecule has 20 heavy (non-hydrogen) atoms. The molecule has 2 N–H and O–H groups in total. The molecule has 1 amide bonds. The fourth-order valence-electron chi connectivity index (χ4n) is 1.85. The molecule has 1 atom stereocenters. The van der Waals surface area contributed by atoms with Crippen molar-refractivity contribution in [2.45, 2.75) is 47.1 Å². The van der Waals surface area contributed by atoms with E-state index in [1.807, 2.05) is 20.8 Å². The number of nitrogens with one attached hydrogen (secondary N) is 1. The van der Waals surface area contributed by atoms with Crippen LogP contribution < -0.4 is 5.32 Å². The summed E-state index contributed by atoms with van der Waals surface area (Å²) in [5.41, 5.74) is 2.11. The van der Waals surface area contributed by atoms with Crippen molar-refractivity contribution in [3.8, 4) is 0 Å². The molecular formula is C14H21N3O3. The second-order valence-electron chi connectivity index (χ2n) is 5.32. The Morgan fingerprint density at radius 2 is 1.65 bits per heavy atom. The van der Waals surface area contributed by atoms with Gasteiger partial charge in [0.05, 0.1) is 17.1 Å². The standard InChI is InChI=1S/C14H21N3O3/c1-7(2)6-11(14(19)20)17-13(18)12-10(5)15-8(3)9(4)16-12/h7,11H,6H2,1-5H3,(H,17,18)(H,19,20)/t11-/m1/s1. The van der Waals surface area contributed by atoms with Crippen molar-refractivity contribution in [2.24, 2.45) is 5.92 Å². The molecule has 0 spiro atoms. The molecule has 0 fully saturated rings. The molecule has 6 heteroatoms. The van der Waals surface area contributed by atoms with Gasteiger partial charge in [-0.15, -0.1) is 0 Å². The predicted molar refractivity (Wildman–Crippen MR) is 74.6 cm³/mol. The summed E-state index contributed by atoms with van der Waals surface area (Å²) in [4.78, 5) is 31.7. The lowest BCUT2D eigenvalue weighted by molar-refractivity contribution is -0.139. The first kappa shape index (κ1) is 16.1. The quantitative estimate of drug-likeness (QED) is 0.854. The van der Waals surface area contributed by atoms with Gasteiger partial charge in [-0.1, -0.05) is 13.8 Å². The molecule has 0 bridgehead atoms. The van der Waals surface area contributed by atoms with Crippen LogP contribution in [0.25, 0.3) is 0 Å². The number of aliphatic carboxylic acids is 1. The first-order valence-electron chi connectivity index (χ1n) is 6.57. The molecule has 0 aromatic carbocycles. The van der Waals surface area contributed by atoms with Gasteiger partial charge in [-0.2, -0.15) is 0 Å². The Hall–Kier alpha value is -1.98. The van der Waals surface area contributed by atoms with Crippen LogP contribution in [0.4, 0.5) is 0 Å². The van der Waals surface area contributed by atoms with E-state index >= 15 is 0 Å². The number of carbonyl (C=O) groups is 2. The number of aromatic nitrogens is 2. The molecule has 1 aromatic rings. The van der Waals surface area contributed by atoms with Crippen LogP contribution in [0.15, 0.2) is 0 Å². The minimum absolute atomic E-state index is 0.170.